The molecule has 5 aromatic rings. The number of hydrogen-bond acceptors (Lipinski definition) is 5. The lowest BCUT2D eigenvalue weighted by atomic mass is 10.0. The summed E-state index contributed by atoms with van der Waals surface area (Å²) in [5.41, 5.74) is -0.396. The average Bonchev–Trinajstić information content (AvgIpc) is 3.36. The summed E-state index contributed by atoms with van der Waals surface area (Å²) in [5.74, 6) is -3.23. The molecule has 0 saturated heterocycles. The summed E-state index contributed by atoms with van der Waals surface area (Å²) in [7, 11) is 0. The average molecular weight is 550 g/mol. The van der Waals surface area contributed by atoms with Gasteiger partial charge in [0, 0.05) is 30.2 Å². The Morgan fingerprint density at radius 1 is 0.925 bits per heavy atom. The minimum atomic E-state index is -4.93. The van der Waals surface area contributed by atoms with Crippen molar-refractivity contribution in [2.24, 2.45) is 0 Å². The third-order valence-electron chi connectivity index (χ3n) is 5.98. The van der Waals surface area contributed by atoms with Crippen LogP contribution in [0.3, 0.4) is 0 Å². The van der Waals surface area contributed by atoms with Crippen molar-refractivity contribution in [3.8, 4) is 28.5 Å². The summed E-state index contributed by atoms with van der Waals surface area (Å²) in [5, 5.41) is 6.98. The van der Waals surface area contributed by atoms with Crippen molar-refractivity contribution in [2.45, 2.75) is 19.5 Å². The Morgan fingerprint density at radius 2 is 1.65 bits per heavy atom. The van der Waals surface area contributed by atoms with Gasteiger partial charge in [0.1, 0.15) is 23.1 Å². The number of nitrogens with zero attached hydrogens (tertiary/aromatic N) is 5. The predicted molar refractivity (Wildman–Crippen MR) is 137 cm³/mol. The smallest absolute Gasteiger partial charge is 0.306 e. The number of nitrogens with one attached hydrogen (secondary N) is 1. The normalized spacial score (nSPS) is 11.4. The molecule has 5 rings (SSSR count). The molecule has 3 aromatic heterocycles. The molecule has 0 aliphatic rings. The first-order valence-electron chi connectivity index (χ1n) is 11.9. The van der Waals surface area contributed by atoms with Crippen molar-refractivity contribution in [2.75, 3.05) is 5.32 Å². The monoisotopic (exact) mass is 550 g/mol. The molecule has 0 saturated carbocycles. The number of aryl methyl sites for hydroxylation is 1. The summed E-state index contributed by atoms with van der Waals surface area (Å²) in [6.45, 7) is 1.98. The molecule has 0 spiro atoms. The predicted octanol–water partition coefficient (Wildman–Crippen LogP) is 6.50. The molecule has 40 heavy (non-hydrogen) atoms. The van der Waals surface area contributed by atoms with Crippen LogP contribution in [-0.4, -0.2) is 30.6 Å². The van der Waals surface area contributed by atoms with Gasteiger partial charge in [0.2, 0.25) is 0 Å². The van der Waals surface area contributed by atoms with Crippen molar-refractivity contribution < 1.29 is 26.7 Å². The van der Waals surface area contributed by atoms with Crippen LogP contribution >= 0.6 is 0 Å². The van der Waals surface area contributed by atoms with Gasteiger partial charge in [-0.3, -0.25) is 9.78 Å². The Kier molecular flexibility index (Phi) is 7.07. The van der Waals surface area contributed by atoms with Crippen LogP contribution in [0.5, 0.6) is 0 Å². The van der Waals surface area contributed by atoms with E-state index in [9.17, 15) is 26.7 Å². The van der Waals surface area contributed by atoms with Crippen molar-refractivity contribution in [1.82, 2.24) is 24.7 Å². The summed E-state index contributed by atoms with van der Waals surface area (Å²) in [6.07, 6.45) is -0.0196. The highest BCUT2D eigenvalue weighted by Gasteiger charge is 2.36. The molecule has 12 heteroatoms. The standard InChI is InChI=1S/C28H19F5N6O/c1-2-16-4-9-23(36-15-16)24-14-25(39(38-24)18-7-5-17(29)6-8-18)37-27(40)20-12-19(26-34-10-3-11-35-26)21(13-22(20)30)28(31,32)33/h3-15H,2H2,1H3,(H,37,40). The Balaban J connectivity index is 1.57. The number of alkyl halides is 3. The van der Waals surface area contributed by atoms with Crippen LogP contribution in [0.15, 0.2) is 79.3 Å². The Morgan fingerprint density at radius 3 is 2.27 bits per heavy atom. The first-order valence-corrected chi connectivity index (χ1v) is 11.9. The summed E-state index contributed by atoms with van der Waals surface area (Å²) in [6, 6.07) is 12.7. The minimum Gasteiger partial charge on any atom is -0.306 e. The molecular weight excluding hydrogens is 531 g/mol. The van der Waals surface area contributed by atoms with E-state index in [2.05, 4.69) is 25.4 Å². The largest absolute Gasteiger partial charge is 0.417 e. The maximum atomic E-state index is 15.0. The summed E-state index contributed by atoms with van der Waals surface area (Å²) in [4.78, 5) is 25.3. The topological polar surface area (TPSA) is 85.6 Å². The number of rotatable bonds is 6. The molecule has 7 nitrogen and oxygen atoms in total. The van der Waals surface area contributed by atoms with Crippen LogP contribution in [0, 0.1) is 11.6 Å². The van der Waals surface area contributed by atoms with Gasteiger partial charge in [0.15, 0.2) is 5.82 Å². The van der Waals surface area contributed by atoms with Crippen LogP contribution in [-0.2, 0) is 12.6 Å². The van der Waals surface area contributed by atoms with Gasteiger partial charge < -0.3 is 5.32 Å². The number of amides is 1. The fourth-order valence-corrected chi connectivity index (χ4v) is 3.95. The second-order valence-electron chi connectivity index (χ2n) is 8.61. The van der Waals surface area contributed by atoms with Gasteiger partial charge in [0.25, 0.3) is 5.91 Å². The molecule has 0 aliphatic heterocycles. The first kappa shape index (κ1) is 26.6. The van der Waals surface area contributed by atoms with E-state index in [1.54, 1.807) is 12.3 Å². The maximum Gasteiger partial charge on any atom is 0.417 e. The lowest BCUT2D eigenvalue weighted by Gasteiger charge is -2.15. The molecular formula is C28H19F5N6O. The Labute approximate surface area is 224 Å². The fourth-order valence-electron chi connectivity index (χ4n) is 3.95. The van der Waals surface area contributed by atoms with Crippen LogP contribution < -0.4 is 5.32 Å². The van der Waals surface area contributed by atoms with Gasteiger partial charge in [-0.15, -0.1) is 0 Å². The van der Waals surface area contributed by atoms with E-state index in [1.165, 1.54) is 53.5 Å². The number of pyridine rings is 1. The lowest BCUT2D eigenvalue weighted by Crippen LogP contribution is -2.18. The molecule has 0 bridgehead atoms. The van der Waals surface area contributed by atoms with Crippen LogP contribution in [0.4, 0.5) is 27.8 Å². The van der Waals surface area contributed by atoms with Crippen LogP contribution in [0.25, 0.3) is 28.5 Å². The molecule has 0 aliphatic carbocycles. The molecule has 0 radical (unpaired) electrons. The van der Waals surface area contributed by atoms with Crippen LogP contribution in [0.2, 0.25) is 0 Å². The highest BCUT2D eigenvalue weighted by molar-refractivity contribution is 6.05. The highest BCUT2D eigenvalue weighted by atomic mass is 19.4. The summed E-state index contributed by atoms with van der Waals surface area (Å²) >= 11 is 0. The Bertz CT molecular complexity index is 1670. The van der Waals surface area contributed by atoms with Crippen LogP contribution in [0.1, 0.15) is 28.4 Å². The second kappa shape index (κ2) is 10.6. The maximum absolute atomic E-state index is 15.0. The fraction of sp³-hybridized carbons (Fsp3) is 0.107. The zero-order valence-electron chi connectivity index (χ0n) is 20.7. The van der Waals surface area contributed by atoms with E-state index in [0.717, 1.165) is 18.1 Å². The van der Waals surface area contributed by atoms with E-state index in [-0.39, 0.29) is 17.7 Å². The van der Waals surface area contributed by atoms with E-state index < -0.39 is 40.4 Å². The molecule has 0 atom stereocenters. The van der Waals surface area contributed by atoms with E-state index in [4.69, 9.17) is 0 Å². The van der Waals surface area contributed by atoms with E-state index >= 15 is 0 Å². The Hall–Kier alpha value is -5.00. The number of carbonyl (C=O) groups is 1. The number of hydrogen-bond donors (Lipinski definition) is 1. The number of anilines is 1. The van der Waals surface area contributed by atoms with Crippen molar-refractivity contribution in [1.29, 1.82) is 0 Å². The third-order valence-corrected chi connectivity index (χ3v) is 5.98. The van der Waals surface area contributed by atoms with Gasteiger partial charge in [-0.05, 0) is 60.5 Å². The minimum absolute atomic E-state index is 0.0461. The molecule has 0 fully saturated rings. The SMILES string of the molecule is CCc1ccc(-c2cc(NC(=O)c3cc(-c4ncccn4)c(C(F)(F)F)cc3F)n(-c3ccc(F)cc3)n2)nc1. The van der Waals surface area contributed by atoms with Gasteiger partial charge in [0.05, 0.1) is 22.5 Å². The molecule has 2 aromatic carbocycles. The molecule has 1 amide bonds. The number of carbonyl (C=O) groups excluding carboxylic acids is 1. The zero-order valence-corrected chi connectivity index (χ0v) is 20.7. The molecule has 3 heterocycles. The zero-order chi connectivity index (χ0) is 28.4. The molecule has 1 N–H and O–H groups in total. The van der Waals surface area contributed by atoms with Crippen molar-refractivity contribution in [3.05, 3.63) is 108 Å². The van der Waals surface area contributed by atoms with Gasteiger partial charge in [-0.2, -0.15) is 18.3 Å². The first-order chi connectivity index (χ1) is 19.1. The molecule has 202 valence electrons. The number of halogens is 5. The molecule has 0 unspecified atom stereocenters. The van der Waals surface area contributed by atoms with Gasteiger partial charge in [-0.1, -0.05) is 13.0 Å². The highest BCUT2D eigenvalue weighted by Crippen LogP contribution is 2.37. The van der Waals surface area contributed by atoms with E-state index in [0.29, 0.717) is 17.1 Å². The summed E-state index contributed by atoms with van der Waals surface area (Å²) < 4.78 is 70.9. The number of benzene rings is 2. The van der Waals surface area contributed by atoms with Gasteiger partial charge in [-0.25, -0.2) is 23.4 Å². The van der Waals surface area contributed by atoms with Crippen molar-refractivity contribution in [3.63, 3.8) is 0 Å². The quantitative estimate of drug-likeness (QED) is 0.244. The van der Waals surface area contributed by atoms with Crippen molar-refractivity contribution >= 4 is 11.7 Å². The number of aromatic nitrogens is 5. The third kappa shape index (κ3) is 5.41. The van der Waals surface area contributed by atoms with Gasteiger partial charge >= 0.3 is 6.18 Å². The lowest BCUT2D eigenvalue weighted by molar-refractivity contribution is -0.137. The second-order valence-corrected chi connectivity index (χ2v) is 8.61. The van der Waals surface area contributed by atoms with E-state index in [1.807, 2.05) is 13.0 Å².